The second-order valence-corrected chi connectivity index (χ2v) is 4.92. The van der Waals surface area contributed by atoms with Crippen LogP contribution in [0.5, 0.6) is 0 Å². The number of fused-ring (bicyclic) bond motifs is 1. The molecule has 0 saturated heterocycles. The molecule has 0 saturated carbocycles. The molecule has 9 heteroatoms. The zero-order valence-electron chi connectivity index (χ0n) is 10.8. The van der Waals surface area contributed by atoms with Crippen molar-refractivity contribution in [1.82, 2.24) is 19.7 Å². The molecule has 2 aromatic heterocycles. The van der Waals surface area contributed by atoms with E-state index in [1.54, 1.807) is 18.5 Å². The van der Waals surface area contributed by atoms with Crippen molar-refractivity contribution in [1.29, 1.82) is 0 Å². The van der Waals surface area contributed by atoms with Crippen LogP contribution >= 0.6 is 11.6 Å². The van der Waals surface area contributed by atoms with E-state index in [1.165, 1.54) is 0 Å². The average Bonchev–Trinajstić information content (AvgIpc) is 2.90. The predicted molar refractivity (Wildman–Crippen MR) is 69.9 cm³/mol. The molecule has 0 N–H and O–H groups in total. The summed E-state index contributed by atoms with van der Waals surface area (Å²) in [6.07, 6.45) is -1.19. The van der Waals surface area contributed by atoms with Gasteiger partial charge >= 0.3 is 6.18 Å². The van der Waals surface area contributed by atoms with Gasteiger partial charge in [0.2, 0.25) is 5.82 Å². The average molecular weight is 318 g/mol. The van der Waals surface area contributed by atoms with E-state index in [0.29, 0.717) is 18.2 Å². The van der Waals surface area contributed by atoms with Gasteiger partial charge in [0.1, 0.15) is 0 Å². The van der Waals surface area contributed by atoms with E-state index in [2.05, 4.69) is 15.2 Å². The summed E-state index contributed by atoms with van der Waals surface area (Å²) in [6, 6.07) is 1.80. The van der Waals surface area contributed by atoms with Crippen molar-refractivity contribution in [3.8, 4) is 0 Å². The Morgan fingerprint density at radius 1 is 1.24 bits per heavy atom. The summed E-state index contributed by atoms with van der Waals surface area (Å²) in [7, 11) is 0. The summed E-state index contributed by atoms with van der Waals surface area (Å²) >= 11 is 5.87. The van der Waals surface area contributed by atoms with Crippen LogP contribution in [0.25, 0.3) is 0 Å². The lowest BCUT2D eigenvalue weighted by molar-refractivity contribution is -0.147. The molecular weight excluding hydrogens is 307 g/mol. The molecule has 0 bridgehead atoms. The third-order valence-electron chi connectivity index (χ3n) is 3.37. The fourth-order valence-corrected chi connectivity index (χ4v) is 2.61. The van der Waals surface area contributed by atoms with Crippen molar-refractivity contribution < 1.29 is 13.2 Å². The Kier molecular flexibility index (Phi) is 3.48. The molecular formula is C12H11ClF3N5. The lowest BCUT2D eigenvalue weighted by Crippen LogP contribution is -2.35. The van der Waals surface area contributed by atoms with Crippen molar-refractivity contribution in [2.45, 2.75) is 25.1 Å². The fraction of sp³-hybridized carbons (Fsp3) is 0.417. The van der Waals surface area contributed by atoms with Gasteiger partial charge in [-0.15, -0.1) is 21.8 Å². The van der Waals surface area contributed by atoms with Crippen molar-refractivity contribution in [3.63, 3.8) is 0 Å². The van der Waals surface area contributed by atoms with Crippen LogP contribution in [0.1, 0.15) is 17.2 Å². The molecule has 2 aromatic rings. The van der Waals surface area contributed by atoms with Crippen LogP contribution in [0.2, 0.25) is 0 Å². The zero-order chi connectivity index (χ0) is 15.0. The third-order valence-corrected chi connectivity index (χ3v) is 3.66. The molecule has 21 heavy (non-hydrogen) atoms. The largest absolute Gasteiger partial charge is 0.451 e. The molecule has 0 aliphatic carbocycles. The number of hydrogen-bond acceptors (Lipinski definition) is 4. The maximum Gasteiger partial charge on any atom is 0.451 e. The molecule has 1 aliphatic heterocycles. The number of alkyl halides is 4. The number of pyridine rings is 1. The Morgan fingerprint density at radius 3 is 2.76 bits per heavy atom. The van der Waals surface area contributed by atoms with Gasteiger partial charge in [-0.05, 0) is 6.07 Å². The van der Waals surface area contributed by atoms with E-state index >= 15 is 0 Å². The van der Waals surface area contributed by atoms with Crippen LogP contribution in [-0.4, -0.2) is 26.3 Å². The summed E-state index contributed by atoms with van der Waals surface area (Å²) in [5.74, 6) is -0.351. The normalized spacial score (nSPS) is 15.1. The Labute approximate surface area is 123 Å². The summed E-state index contributed by atoms with van der Waals surface area (Å²) in [5.41, 5.74) is 1.70. The Bertz CT molecular complexity index is 655. The minimum atomic E-state index is -4.48. The van der Waals surface area contributed by atoms with Gasteiger partial charge in [-0.1, -0.05) is 0 Å². The smallest absolute Gasteiger partial charge is 0.362 e. The van der Waals surface area contributed by atoms with Gasteiger partial charge in [0.05, 0.1) is 12.4 Å². The number of nitrogens with zero attached hydrogens (tertiary/aromatic N) is 5. The third kappa shape index (κ3) is 2.55. The zero-order valence-corrected chi connectivity index (χ0v) is 11.6. The number of rotatable bonds is 2. The molecule has 112 valence electrons. The first kappa shape index (κ1) is 14.1. The Balaban J connectivity index is 1.90. The highest BCUT2D eigenvalue weighted by molar-refractivity contribution is 6.17. The number of halogens is 4. The standard InChI is InChI=1S/C12H11ClF3N5/c13-5-8-6-17-2-1-9(8)20-3-4-21-10(7-20)18-19-11(21)12(14,15)16/h1-2,6H,3-5,7H2. The first-order valence-electron chi connectivity index (χ1n) is 6.24. The van der Waals surface area contributed by atoms with Gasteiger partial charge in [0.15, 0.2) is 5.82 Å². The van der Waals surface area contributed by atoms with Gasteiger partial charge in [-0.2, -0.15) is 13.2 Å². The number of aromatic nitrogens is 4. The molecule has 0 fully saturated rings. The summed E-state index contributed by atoms with van der Waals surface area (Å²) in [4.78, 5) is 5.93. The summed E-state index contributed by atoms with van der Waals surface area (Å²) in [5, 5.41) is 6.92. The molecule has 1 aliphatic rings. The molecule has 0 unspecified atom stereocenters. The Hall–Kier alpha value is -1.83. The highest BCUT2D eigenvalue weighted by Crippen LogP contribution is 2.31. The lowest BCUT2D eigenvalue weighted by atomic mass is 10.2. The van der Waals surface area contributed by atoms with Crippen LogP contribution in [0.15, 0.2) is 18.5 Å². The second kappa shape index (κ2) is 5.18. The molecule has 3 rings (SSSR count). The second-order valence-electron chi connectivity index (χ2n) is 4.65. The molecule has 0 atom stereocenters. The lowest BCUT2D eigenvalue weighted by Gasteiger charge is -2.30. The van der Waals surface area contributed by atoms with Crippen LogP contribution in [0, 0.1) is 0 Å². The first-order chi connectivity index (χ1) is 10.0. The fourth-order valence-electron chi connectivity index (χ4n) is 2.40. The van der Waals surface area contributed by atoms with Crippen molar-refractivity contribution in [2.75, 3.05) is 11.4 Å². The van der Waals surface area contributed by atoms with Gasteiger partial charge in [0, 0.05) is 36.7 Å². The summed E-state index contributed by atoms with van der Waals surface area (Å²) in [6.45, 7) is 0.875. The van der Waals surface area contributed by atoms with Gasteiger partial charge < -0.3 is 9.47 Å². The van der Waals surface area contributed by atoms with E-state index in [-0.39, 0.29) is 13.1 Å². The van der Waals surface area contributed by atoms with E-state index < -0.39 is 12.0 Å². The molecule has 5 nitrogen and oxygen atoms in total. The van der Waals surface area contributed by atoms with E-state index in [9.17, 15) is 13.2 Å². The van der Waals surface area contributed by atoms with E-state index in [4.69, 9.17) is 11.6 Å². The Morgan fingerprint density at radius 2 is 2.05 bits per heavy atom. The topological polar surface area (TPSA) is 46.8 Å². The quantitative estimate of drug-likeness (QED) is 0.798. The minimum Gasteiger partial charge on any atom is -0.362 e. The van der Waals surface area contributed by atoms with Crippen molar-refractivity contribution >= 4 is 17.3 Å². The number of anilines is 1. The molecule has 0 amide bonds. The predicted octanol–water partition coefficient (Wildman–Crippen LogP) is 2.45. The van der Waals surface area contributed by atoms with Crippen LogP contribution in [-0.2, 0) is 25.1 Å². The van der Waals surface area contributed by atoms with Crippen molar-refractivity contribution in [2.24, 2.45) is 0 Å². The monoisotopic (exact) mass is 317 g/mol. The van der Waals surface area contributed by atoms with Crippen LogP contribution in [0.4, 0.5) is 18.9 Å². The molecule has 0 aromatic carbocycles. The number of hydrogen-bond donors (Lipinski definition) is 0. The van der Waals surface area contributed by atoms with Crippen molar-refractivity contribution in [3.05, 3.63) is 35.7 Å². The maximum atomic E-state index is 12.8. The van der Waals surface area contributed by atoms with Crippen LogP contribution in [0.3, 0.4) is 0 Å². The summed E-state index contributed by atoms with van der Waals surface area (Å²) < 4.78 is 39.5. The van der Waals surface area contributed by atoms with E-state index in [1.807, 2.05) is 4.90 Å². The SMILES string of the molecule is FC(F)(F)c1nnc2n1CCN(c1ccncc1CCl)C2. The minimum absolute atomic E-state index is 0.182. The van der Waals surface area contributed by atoms with Gasteiger partial charge in [0.25, 0.3) is 0 Å². The first-order valence-corrected chi connectivity index (χ1v) is 6.77. The molecule has 0 radical (unpaired) electrons. The van der Waals surface area contributed by atoms with E-state index in [0.717, 1.165) is 15.8 Å². The highest BCUT2D eigenvalue weighted by atomic mass is 35.5. The van der Waals surface area contributed by atoms with Gasteiger partial charge in [-0.25, -0.2) is 0 Å². The van der Waals surface area contributed by atoms with Gasteiger partial charge in [-0.3, -0.25) is 4.98 Å². The van der Waals surface area contributed by atoms with Crippen LogP contribution < -0.4 is 4.90 Å². The maximum absolute atomic E-state index is 12.8. The highest BCUT2D eigenvalue weighted by Gasteiger charge is 2.39. The molecule has 0 spiro atoms. The molecule has 3 heterocycles.